The summed E-state index contributed by atoms with van der Waals surface area (Å²) in [6, 6.07) is 3.76. The zero-order chi connectivity index (χ0) is 13.8. The zero-order valence-corrected chi connectivity index (χ0v) is 11.7. The first-order chi connectivity index (χ1) is 9.13. The first kappa shape index (κ1) is 14.0. The number of benzene rings is 1. The summed E-state index contributed by atoms with van der Waals surface area (Å²) in [4.78, 5) is 11.7. The highest BCUT2D eigenvalue weighted by Gasteiger charge is 2.21. The molecular weight excluding hydrogens is 268 g/mol. The van der Waals surface area contributed by atoms with E-state index in [2.05, 4.69) is 10.6 Å². The number of methoxy groups -OCH3 is 2. The normalized spacial score (nSPS) is 14.1. The maximum atomic E-state index is 11.7. The average molecular weight is 285 g/mol. The second-order valence-electron chi connectivity index (χ2n) is 4.39. The Morgan fingerprint density at radius 2 is 1.95 bits per heavy atom. The van der Waals surface area contributed by atoms with Crippen molar-refractivity contribution in [2.75, 3.05) is 26.1 Å². The summed E-state index contributed by atoms with van der Waals surface area (Å²) >= 11 is 6.09. The van der Waals surface area contributed by atoms with Gasteiger partial charge in [0.2, 0.25) is 5.91 Å². The zero-order valence-electron chi connectivity index (χ0n) is 11.0. The SMILES string of the molecule is COc1cc(Cl)c(NC(=O)CNC2CC2)cc1OC. The Bertz CT molecular complexity index is 475. The Labute approximate surface area is 117 Å². The Kier molecular flexibility index (Phi) is 4.50. The van der Waals surface area contributed by atoms with Gasteiger partial charge in [-0.05, 0) is 12.8 Å². The summed E-state index contributed by atoms with van der Waals surface area (Å²) in [7, 11) is 3.07. The maximum Gasteiger partial charge on any atom is 0.238 e. The summed E-state index contributed by atoms with van der Waals surface area (Å²) in [6.07, 6.45) is 2.29. The summed E-state index contributed by atoms with van der Waals surface area (Å²) in [5.74, 6) is 0.931. The van der Waals surface area contributed by atoms with Crippen LogP contribution >= 0.6 is 11.6 Å². The van der Waals surface area contributed by atoms with E-state index in [0.717, 1.165) is 12.8 Å². The molecule has 1 fully saturated rings. The Balaban J connectivity index is 2.03. The molecule has 1 aromatic carbocycles. The number of hydrogen-bond acceptors (Lipinski definition) is 4. The maximum absolute atomic E-state index is 11.7. The molecule has 0 unspecified atom stereocenters. The van der Waals surface area contributed by atoms with E-state index in [1.54, 1.807) is 12.1 Å². The molecule has 0 aliphatic heterocycles. The topological polar surface area (TPSA) is 59.6 Å². The fourth-order valence-electron chi connectivity index (χ4n) is 1.67. The summed E-state index contributed by atoms with van der Waals surface area (Å²) in [5.41, 5.74) is 0.516. The monoisotopic (exact) mass is 284 g/mol. The highest BCUT2D eigenvalue weighted by molar-refractivity contribution is 6.34. The molecule has 0 heterocycles. The number of nitrogens with one attached hydrogen (secondary N) is 2. The van der Waals surface area contributed by atoms with Crippen molar-refractivity contribution in [1.82, 2.24) is 5.32 Å². The van der Waals surface area contributed by atoms with Crippen molar-refractivity contribution >= 4 is 23.2 Å². The first-order valence-electron chi connectivity index (χ1n) is 6.08. The van der Waals surface area contributed by atoms with E-state index in [4.69, 9.17) is 21.1 Å². The van der Waals surface area contributed by atoms with Crippen LogP contribution in [-0.4, -0.2) is 32.7 Å². The summed E-state index contributed by atoms with van der Waals surface area (Å²) in [6.45, 7) is 0.287. The van der Waals surface area contributed by atoms with E-state index < -0.39 is 0 Å². The minimum Gasteiger partial charge on any atom is -0.493 e. The number of halogens is 1. The molecule has 19 heavy (non-hydrogen) atoms. The smallest absolute Gasteiger partial charge is 0.238 e. The number of hydrogen-bond donors (Lipinski definition) is 2. The van der Waals surface area contributed by atoms with Crippen molar-refractivity contribution in [2.24, 2.45) is 0 Å². The van der Waals surface area contributed by atoms with Crippen molar-refractivity contribution in [3.8, 4) is 11.5 Å². The molecule has 0 atom stereocenters. The summed E-state index contributed by atoms with van der Waals surface area (Å²) < 4.78 is 10.3. The second kappa shape index (κ2) is 6.12. The lowest BCUT2D eigenvalue weighted by molar-refractivity contribution is -0.115. The van der Waals surface area contributed by atoms with E-state index in [1.807, 2.05) is 0 Å². The van der Waals surface area contributed by atoms with Crippen LogP contribution in [0.1, 0.15) is 12.8 Å². The molecule has 0 aromatic heterocycles. The molecule has 1 saturated carbocycles. The van der Waals surface area contributed by atoms with Crippen molar-refractivity contribution in [3.63, 3.8) is 0 Å². The predicted octanol–water partition coefficient (Wildman–Crippen LogP) is 2.05. The molecule has 2 rings (SSSR count). The molecule has 1 amide bonds. The van der Waals surface area contributed by atoms with Gasteiger partial charge in [-0.25, -0.2) is 0 Å². The van der Waals surface area contributed by atoms with Crippen LogP contribution in [0.3, 0.4) is 0 Å². The standard InChI is InChI=1S/C13H17ClN2O3/c1-18-11-5-9(14)10(6-12(11)19-2)16-13(17)7-15-8-3-4-8/h5-6,8,15H,3-4,7H2,1-2H3,(H,16,17). The van der Waals surface area contributed by atoms with E-state index >= 15 is 0 Å². The predicted molar refractivity (Wildman–Crippen MR) is 74.2 cm³/mol. The van der Waals surface area contributed by atoms with Gasteiger partial charge in [-0.15, -0.1) is 0 Å². The Morgan fingerprint density at radius 1 is 1.32 bits per heavy atom. The molecule has 0 bridgehead atoms. The highest BCUT2D eigenvalue weighted by atomic mass is 35.5. The average Bonchev–Trinajstić information content (AvgIpc) is 3.22. The third kappa shape index (κ3) is 3.75. The molecule has 5 nitrogen and oxygen atoms in total. The number of carbonyl (C=O) groups excluding carboxylic acids is 1. The third-order valence-electron chi connectivity index (χ3n) is 2.88. The van der Waals surface area contributed by atoms with Crippen LogP contribution in [0.25, 0.3) is 0 Å². The van der Waals surface area contributed by atoms with Gasteiger partial charge >= 0.3 is 0 Å². The Hall–Kier alpha value is -1.46. The van der Waals surface area contributed by atoms with Gasteiger partial charge in [-0.2, -0.15) is 0 Å². The van der Waals surface area contributed by atoms with Crippen molar-refractivity contribution < 1.29 is 14.3 Å². The van der Waals surface area contributed by atoms with Gasteiger partial charge < -0.3 is 20.1 Å². The minimum absolute atomic E-state index is 0.124. The van der Waals surface area contributed by atoms with Gasteiger partial charge in [-0.1, -0.05) is 11.6 Å². The molecule has 2 N–H and O–H groups in total. The van der Waals surface area contributed by atoms with Crippen molar-refractivity contribution in [3.05, 3.63) is 17.2 Å². The number of ether oxygens (including phenoxy) is 2. The van der Waals surface area contributed by atoms with Crippen LogP contribution in [0.5, 0.6) is 11.5 Å². The molecule has 1 aliphatic carbocycles. The molecule has 0 saturated heterocycles. The number of carbonyl (C=O) groups is 1. The largest absolute Gasteiger partial charge is 0.493 e. The van der Waals surface area contributed by atoms with Crippen LogP contribution < -0.4 is 20.1 Å². The van der Waals surface area contributed by atoms with Crippen LogP contribution in [0.4, 0.5) is 5.69 Å². The molecule has 0 radical (unpaired) electrons. The van der Waals surface area contributed by atoms with E-state index in [-0.39, 0.29) is 12.5 Å². The van der Waals surface area contributed by atoms with Gasteiger partial charge in [-0.3, -0.25) is 4.79 Å². The quantitative estimate of drug-likeness (QED) is 0.839. The van der Waals surface area contributed by atoms with Crippen molar-refractivity contribution in [1.29, 1.82) is 0 Å². The molecule has 0 spiro atoms. The number of anilines is 1. The lowest BCUT2D eigenvalue weighted by Crippen LogP contribution is -2.29. The first-order valence-corrected chi connectivity index (χ1v) is 6.46. The van der Waals surface area contributed by atoms with Crippen LogP contribution in [0.15, 0.2) is 12.1 Å². The Morgan fingerprint density at radius 3 is 2.53 bits per heavy atom. The molecule has 1 aromatic rings. The fraction of sp³-hybridized carbons (Fsp3) is 0.462. The lowest BCUT2D eigenvalue weighted by Gasteiger charge is -2.12. The lowest BCUT2D eigenvalue weighted by atomic mass is 10.2. The second-order valence-corrected chi connectivity index (χ2v) is 4.80. The van der Waals surface area contributed by atoms with Crippen LogP contribution in [0, 0.1) is 0 Å². The van der Waals surface area contributed by atoms with Gasteiger partial charge in [0.15, 0.2) is 11.5 Å². The van der Waals surface area contributed by atoms with Crippen molar-refractivity contribution in [2.45, 2.75) is 18.9 Å². The van der Waals surface area contributed by atoms with Crippen LogP contribution in [0.2, 0.25) is 5.02 Å². The van der Waals surface area contributed by atoms with Gasteiger partial charge in [0.1, 0.15) is 0 Å². The molecule has 1 aliphatic rings. The number of rotatable bonds is 6. The third-order valence-corrected chi connectivity index (χ3v) is 3.19. The molecular formula is C13H17ClN2O3. The van der Waals surface area contributed by atoms with E-state index in [1.165, 1.54) is 14.2 Å². The highest BCUT2D eigenvalue weighted by Crippen LogP contribution is 2.35. The molecule has 6 heteroatoms. The van der Waals surface area contributed by atoms with Gasteiger partial charge in [0.05, 0.1) is 31.5 Å². The van der Waals surface area contributed by atoms with Gasteiger partial charge in [0.25, 0.3) is 0 Å². The van der Waals surface area contributed by atoms with Gasteiger partial charge in [0, 0.05) is 18.2 Å². The summed E-state index contributed by atoms with van der Waals surface area (Å²) in [5, 5.41) is 6.30. The van der Waals surface area contributed by atoms with E-state index in [9.17, 15) is 4.79 Å². The van der Waals surface area contributed by atoms with E-state index in [0.29, 0.717) is 28.3 Å². The minimum atomic E-state index is -0.124. The fourth-order valence-corrected chi connectivity index (χ4v) is 1.87. The van der Waals surface area contributed by atoms with Crippen LogP contribution in [-0.2, 0) is 4.79 Å². The molecule has 104 valence electrons. The number of amides is 1.